The lowest BCUT2D eigenvalue weighted by molar-refractivity contribution is -0.135. The maximum atomic E-state index is 12.3. The molecule has 0 saturated heterocycles. The zero-order valence-corrected chi connectivity index (χ0v) is 17.4. The fraction of sp³-hybridized carbons (Fsp3) is 0.267. The number of hydrogen-bond acceptors (Lipinski definition) is 6. The van der Waals surface area contributed by atoms with Gasteiger partial charge in [-0.1, -0.05) is 0 Å². The van der Waals surface area contributed by atoms with Crippen LogP contribution in [0.5, 0.6) is 0 Å². The molecule has 0 aliphatic heterocycles. The van der Waals surface area contributed by atoms with Crippen molar-refractivity contribution < 1.29 is 45.4 Å². The number of nitrogens with zero attached hydrogens (tertiary/aromatic N) is 1. The number of ether oxygens (including phenoxy) is 2. The molecule has 2 aromatic heterocycles. The first-order chi connectivity index (χ1) is 13.3. The van der Waals surface area contributed by atoms with Crippen molar-refractivity contribution >= 4 is 56.2 Å². The summed E-state index contributed by atoms with van der Waals surface area (Å²) in [5.41, 5.74) is -0.576. The van der Waals surface area contributed by atoms with E-state index in [0.29, 0.717) is 11.3 Å². The lowest BCUT2D eigenvalue weighted by Crippen LogP contribution is -2.02. The van der Waals surface area contributed by atoms with Gasteiger partial charge in [-0.2, -0.15) is 26.3 Å². The number of thiophene rings is 2. The van der Waals surface area contributed by atoms with E-state index in [9.17, 15) is 35.9 Å². The molecule has 0 aliphatic carbocycles. The Bertz CT molecular complexity index is 942. The molecule has 2 rings (SSSR count). The Kier molecular flexibility index (Phi) is 8.25. The van der Waals surface area contributed by atoms with Gasteiger partial charge in [0.2, 0.25) is 5.69 Å². The van der Waals surface area contributed by atoms with Gasteiger partial charge in [0.25, 0.3) is 0 Å². The molecule has 0 bridgehead atoms. The van der Waals surface area contributed by atoms with Crippen LogP contribution in [0.25, 0.3) is 4.85 Å². The van der Waals surface area contributed by atoms with Crippen LogP contribution in [0.4, 0.5) is 32.0 Å². The minimum absolute atomic E-state index is 0.0771. The van der Waals surface area contributed by atoms with Crippen LogP contribution in [0.1, 0.15) is 29.1 Å². The maximum Gasteiger partial charge on any atom is 0.426 e. The first-order valence-electron chi connectivity index (χ1n) is 6.87. The molecule has 0 atom stereocenters. The highest BCUT2D eigenvalue weighted by Crippen LogP contribution is 2.43. The van der Waals surface area contributed by atoms with Crippen LogP contribution >= 0.6 is 38.6 Å². The van der Waals surface area contributed by atoms with Crippen LogP contribution in [0, 0.1) is 6.57 Å². The molecule has 0 N–H and O–H groups in total. The molecule has 2 aromatic rings. The SMILES string of the molecule is COC(=O)c1cc(Br)c(C(F)(F)F)s1.[C-]#[N+]c1cc(C(=O)OC)sc1C(F)(F)F. The molecular weight excluding hydrogens is 516 g/mol. The molecule has 5 nitrogen and oxygen atoms in total. The van der Waals surface area contributed by atoms with Crippen molar-refractivity contribution in [3.8, 4) is 0 Å². The van der Waals surface area contributed by atoms with Gasteiger partial charge in [-0.15, -0.1) is 22.7 Å². The summed E-state index contributed by atoms with van der Waals surface area (Å²) in [5.74, 6) is -1.65. The number of methoxy groups -OCH3 is 2. The summed E-state index contributed by atoms with van der Waals surface area (Å²) < 4.78 is 82.2. The van der Waals surface area contributed by atoms with Gasteiger partial charge in [-0.25, -0.2) is 14.4 Å². The lowest BCUT2D eigenvalue weighted by Gasteiger charge is -2.02. The molecule has 0 saturated carbocycles. The summed E-state index contributed by atoms with van der Waals surface area (Å²) in [6.07, 6.45) is -9.06. The number of carbonyl (C=O) groups is 2. The predicted molar refractivity (Wildman–Crippen MR) is 95.3 cm³/mol. The predicted octanol–water partition coefficient (Wildman–Crippen LogP) is 6.42. The van der Waals surface area contributed by atoms with Crippen LogP contribution in [0.3, 0.4) is 0 Å². The first kappa shape index (κ1) is 24.9. The highest BCUT2D eigenvalue weighted by Gasteiger charge is 2.37. The molecule has 14 heteroatoms. The third-order valence-electron chi connectivity index (χ3n) is 2.81. The molecule has 0 radical (unpaired) electrons. The van der Waals surface area contributed by atoms with Crippen LogP contribution in [0.15, 0.2) is 16.6 Å². The maximum absolute atomic E-state index is 12.3. The average Bonchev–Trinajstić information content (AvgIpc) is 3.24. The minimum Gasteiger partial charge on any atom is -0.465 e. The third kappa shape index (κ3) is 6.44. The normalized spacial score (nSPS) is 11.2. The lowest BCUT2D eigenvalue weighted by atomic mass is 10.3. The van der Waals surface area contributed by atoms with Crippen molar-refractivity contribution in [2.45, 2.75) is 12.4 Å². The van der Waals surface area contributed by atoms with E-state index in [1.54, 1.807) is 0 Å². The van der Waals surface area contributed by atoms with Crippen LogP contribution in [-0.2, 0) is 21.8 Å². The zero-order chi connectivity index (χ0) is 22.6. The Morgan fingerprint density at radius 1 is 0.931 bits per heavy atom. The number of halogens is 7. The highest BCUT2D eigenvalue weighted by atomic mass is 79.9. The van der Waals surface area contributed by atoms with E-state index in [-0.39, 0.29) is 25.6 Å². The molecular formula is C15H8BrF6NO4S2. The van der Waals surface area contributed by atoms with Crippen LogP contribution < -0.4 is 0 Å². The molecule has 0 spiro atoms. The van der Waals surface area contributed by atoms with Gasteiger partial charge in [-0.05, 0) is 28.1 Å². The second kappa shape index (κ2) is 9.59. The molecule has 0 aliphatic rings. The van der Waals surface area contributed by atoms with E-state index in [0.717, 1.165) is 26.4 Å². The molecule has 0 unspecified atom stereocenters. The van der Waals surface area contributed by atoms with E-state index in [2.05, 4.69) is 30.2 Å². The van der Waals surface area contributed by atoms with E-state index in [1.807, 2.05) is 0 Å². The van der Waals surface area contributed by atoms with Crippen molar-refractivity contribution in [2.75, 3.05) is 14.2 Å². The van der Waals surface area contributed by atoms with Crippen LogP contribution in [-0.4, -0.2) is 26.2 Å². The van der Waals surface area contributed by atoms with Gasteiger partial charge in [0.05, 0.1) is 20.8 Å². The van der Waals surface area contributed by atoms with Crippen molar-refractivity contribution in [3.05, 3.63) is 47.5 Å². The van der Waals surface area contributed by atoms with E-state index >= 15 is 0 Å². The van der Waals surface area contributed by atoms with Gasteiger partial charge < -0.3 is 9.47 Å². The Morgan fingerprint density at radius 2 is 1.34 bits per heavy atom. The summed E-state index contributed by atoms with van der Waals surface area (Å²) in [7, 11) is 2.18. The smallest absolute Gasteiger partial charge is 0.426 e. The Balaban J connectivity index is 0.000000291. The Morgan fingerprint density at radius 3 is 1.66 bits per heavy atom. The van der Waals surface area contributed by atoms with Crippen molar-refractivity contribution in [1.29, 1.82) is 0 Å². The zero-order valence-electron chi connectivity index (χ0n) is 14.2. The van der Waals surface area contributed by atoms with Gasteiger partial charge in [0.15, 0.2) is 0 Å². The highest BCUT2D eigenvalue weighted by molar-refractivity contribution is 9.10. The second-order valence-electron chi connectivity index (χ2n) is 4.70. The molecule has 29 heavy (non-hydrogen) atoms. The molecule has 0 aromatic carbocycles. The summed E-state index contributed by atoms with van der Waals surface area (Å²) in [4.78, 5) is 22.3. The number of esters is 2. The van der Waals surface area contributed by atoms with Gasteiger partial charge >= 0.3 is 24.3 Å². The molecule has 2 heterocycles. The fourth-order valence-electron chi connectivity index (χ4n) is 1.63. The molecule has 158 valence electrons. The number of hydrogen-bond donors (Lipinski definition) is 0. The monoisotopic (exact) mass is 523 g/mol. The van der Waals surface area contributed by atoms with Crippen molar-refractivity contribution in [3.63, 3.8) is 0 Å². The summed E-state index contributed by atoms with van der Waals surface area (Å²) in [6, 6.07) is 1.98. The van der Waals surface area contributed by atoms with Crippen molar-refractivity contribution in [1.82, 2.24) is 0 Å². The molecule has 0 amide bonds. The quantitative estimate of drug-likeness (QED) is 0.259. The summed E-state index contributed by atoms with van der Waals surface area (Å²) in [5, 5.41) is 0. The van der Waals surface area contributed by atoms with E-state index in [4.69, 9.17) is 6.57 Å². The Labute approximate surface area is 175 Å². The Hall–Kier alpha value is -2.11. The van der Waals surface area contributed by atoms with Gasteiger partial charge in [0, 0.05) is 4.47 Å². The third-order valence-corrected chi connectivity index (χ3v) is 6.00. The number of alkyl halides is 6. The molecule has 0 fully saturated rings. The van der Waals surface area contributed by atoms with Crippen LogP contribution in [0.2, 0.25) is 0 Å². The summed E-state index contributed by atoms with van der Waals surface area (Å²) in [6.45, 7) is 6.56. The topological polar surface area (TPSA) is 57.0 Å². The van der Waals surface area contributed by atoms with Gasteiger partial charge in [0.1, 0.15) is 19.5 Å². The second-order valence-corrected chi connectivity index (χ2v) is 7.66. The number of carbonyl (C=O) groups excluding carboxylic acids is 2. The van der Waals surface area contributed by atoms with Gasteiger partial charge in [-0.3, -0.25) is 0 Å². The standard InChI is InChI=1S/C8H4F3NO2S.C7H4BrF3O2S/c1-12-4-3-5(7(13)14-2)15-6(4)8(9,10)11;1-13-6(12)4-2-3(8)5(14-4)7(9,10)11/h3H,2H3;2H,1H3. The minimum atomic E-state index is -4.61. The fourth-order valence-corrected chi connectivity index (χ4v) is 4.20. The van der Waals surface area contributed by atoms with E-state index in [1.165, 1.54) is 0 Å². The number of rotatable bonds is 2. The summed E-state index contributed by atoms with van der Waals surface area (Å²) >= 11 is 3.30. The van der Waals surface area contributed by atoms with Crippen molar-refractivity contribution in [2.24, 2.45) is 0 Å². The first-order valence-corrected chi connectivity index (χ1v) is 9.30. The largest absolute Gasteiger partial charge is 0.465 e. The van der Waals surface area contributed by atoms with E-state index < -0.39 is 39.7 Å². The average molecular weight is 524 g/mol.